The molecule has 5 rings (SSSR count). The molecule has 142 valence electrons. The molecule has 5 nitrogen and oxygen atoms in total. The second kappa shape index (κ2) is 6.87. The highest BCUT2D eigenvalue weighted by Gasteiger charge is 2.31. The van der Waals surface area contributed by atoms with Crippen LogP contribution in [0.2, 0.25) is 0 Å². The molecule has 0 saturated carbocycles. The molecule has 6 heteroatoms. The Balaban J connectivity index is 1.50. The standard InChI is InChI=1S/C22H20FN3O2/c23-17-7-5-15(6-8-17)13-26-20-10-12-28-14-18(20)21(24-26)22(27)25-11-9-16-3-1-2-4-19(16)25/h1-8H,9-14H2. The molecule has 0 bridgehead atoms. The zero-order valence-electron chi connectivity index (χ0n) is 15.4. The summed E-state index contributed by atoms with van der Waals surface area (Å²) in [4.78, 5) is 15.2. The normalized spacial score (nSPS) is 15.4. The molecule has 2 aliphatic heterocycles. The lowest BCUT2D eigenvalue weighted by atomic mass is 10.1. The van der Waals surface area contributed by atoms with Gasteiger partial charge < -0.3 is 9.64 Å². The van der Waals surface area contributed by atoms with Crippen LogP contribution < -0.4 is 4.90 Å². The average Bonchev–Trinajstić information content (AvgIpc) is 3.31. The fraction of sp³-hybridized carbons (Fsp3) is 0.273. The molecular formula is C22H20FN3O2. The predicted molar refractivity (Wildman–Crippen MR) is 103 cm³/mol. The summed E-state index contributed by atoms with van der Waals surface area (Å²) in [5, 5.41) is 4.68. The number of aromatic nitrogens is 2. The number of ether oxygens (including phenoxy) is 1. The van der Waals surface area contributed by atoms with E-state index in [1.807, 2.05) is 27.8 Å². The van der Waals surface area contributed by atoms with Crippen molar-refractivity contribution in [1.82, 2.24) is 9.78 Å². The van der Waals surface area contributed by atoms with Crippen LogP contribution >= 0.6 is 0 Å². The van der Waals surface area contributed by atoms with Gasteiger partial charge in [0.15, 0.2) is 5.69 Å². The fourth-order valence-electron chi connectivity index (χ4n) is 4.05. The minimum Gasteiger partial charge on any atom is -0.376 e. The Morgan fingerprint density at radius 2 is 1.93 bits per heavy atom. The topological polar surface area (TPSA) is 47.4 Å². The number of para-hydroxylation sites is 1. The average molecular weight is 377 g/mol. The molecule has 0 fully saturated rings. The van der Waals surface area contributed by atoms with Gasteiger partial charge in [-0.25, -0.2) is 4.39 Å². The molecule has 2 aromatic carbocycles. The third-order valence-electron chi connectivity index (χ3n) is 5.48. The highest BCUT2D eigenvalue weighted by atomic mass is 19.1. The summed E-state index contributed by atoms with van der Waals surface area (Å²) in [6, 6.07) is 14.4. The molecule has 0 saturated heterocycles. The first-order valence-corrected chi connectivity index (χ1v) is 9.51. The number of hydrogen-bond donors (Lipinski definition) is 0. The van der Waals surface area contributed by atoms with E-state index >= 15 is 0 Å². The summed E-state index contributed by atoms with van der Waals surface area (Å²) in [6.07, 6.45) is 1.57. The van der Waals surface area contributed by atoms with Crippen LogP contribution in [0.1, 0.15) is 32.9 Å². The first-order chi connectivity index (χ1) is 13.7. The van der Waals surface area contributed by atoms with Gasteiger partial charge in [-0.05, 0) is 35.7 Å². The van der Waals surface area contributed by atoms with Gasteiger partial charge in [0, 0.05) is 29.9 Å². The number of hydrogen-bond acceptors (Lipinski definition) is 3. The third kappa shape index (κ3) is 2.90. The minimum atomic E-state index is -0.261. The molecule has 2 aliphatic rings. The van der Waals surface area contributed by atoms with Crippen LogP contribution in [0.5, 0.6) is 0 Å². The van der Waals surface area contributed by atoms with Crippen LogP contribution in [-0.4, -0.2) is 28.8 Å². The number of carbonyl (C=O) groups excluding carboxylic acids is 1. The van der Waals surface area contributed by atoms with Crippen molar-refractivity contribution < 1.29 is 13.9 Å². The van der Waals surface area contributed by atoms with Crippen molar-refractivity contribution in [3.8, 4) is 0 Å². The maximum atomic E-state index is 13.3. The van der Waals surface area contributed by atoms with Gasteiger partial charge in [-0.1, -0.05) is 30.3 Å². The Morgan fingerprint density at radius 1 is 1.11 bits per heavy atom. The van der Waals surface area contributed by atoms with Crippen LogP contribution in [-0.2, 0) is 30.7 Å². The van der Waals surface area contributed by atoms with E-state index in [1.54, 1.807) is 12.1 Å². The Morgan fingerprint density at radius 3 is 2.79 bits per heavy atom. The number of benzene rings is 2. The second-order valence-corrected chi connectivity index (χ2v) is 7.20. The molecule has 0 radical (unpaired) electrons. The van der Waals surface area contributed by atoms with Crippen LogP contribution in [0.4, 0.5) is 10.1 Å². The summed E-state index contributed by atoms with van der Waals surface area (Å²) in [5.74, 6) is -0.340. The summed E-state index contributed by atoms with van der Waals surface area (Å²) in [5.41, 5.74) is 5.48. The fourth-order valence-corrected chi connectivity index (χ4v) is 4.05. The van der Waals surface area contributed by atoms with Gasteiger partial charge in [-0.2, -0.15) is 5.10 Å². The van der Waals surface area contributed by atoms with E-state index < -0.39 is 0 Å². The number of anilines is 1. The summed E-state index contributed by atoms with van der Waals surface area (Å²) >= 11 is 0. The van der Waals surface area contributed by atoms with Crippen molar-refractivity contribution in [2.75, 3.05) is 18.1 Å². The number of halogens is 1. The Bertz CT molecular complexity index is 1040. The maximum absolute atomic E-state index is 13.3. The highest BCUT2D eigenvalue weighted by molar-refractivity contribution is 6.07. The molecule has 3 heterocycles. The number of nitrogens with zero attached hydrogens (tertiary/aromatic N) is 3. The summed E-state index contributed by atoms with van der Waals surface area (Å²) in [7, 11) is 0. The van der Waals surface area contributed by atoms with E-state index in [-0.39, 0.29) is 11.7 Å². The summed E-state index contributed by atoms with van der Waals surface area (Å²) < 4.78 is 20.7. The van der Waals surface area contributed by atoms with Crippen molar-refractivity contribution in [1.29, 1.82) is 0 Å². The minimum absolute atomic E-state index is 0.0791. The van der Waals surface area contributed by atoms with Gasteiger partial charge in [-0.15, -0.1) is 0 Å². The monoisotopic (exact) mass is 377 g/mol. The van der Waals surface area contributed by atoms with Crippen molar-refractivity contribution in [3.63, 3.8) is 0 Å². The van der Waals surface area contributed by atoms with Crippen molar-refractivity contribution in [2.24, 2.45) is 0 Å². The first kappa shape index (κ1) is 17.1. The molecule has 28 heavy (non-hydrogen) atoms. The lowest BCUT2D eigenvalue weighted by Gasteiger charge is -2.18. The Kier molecular flexibility index (Phi) is 4.20. The largest absolute Gasteiger partial charge is 0.376 e. The van der Waals surface area contributed by atoms with Crippen molar-refractivity contribution in [3.05, 3.63) is 82.4 Å². The number of carbonyl (C=O) groups is 1. The zero-order valence-corrected chi connectivity index (χ0v) is 15.4. The van der Waals surface area contributed by atoms with Gasteiger partial charge in [0.2, 0.25) is 0 Å². The SMILES string of the molecule is O=C(c1nn(Cc2ccc(F)cc2)c2c1COCC2)N1CCc2ccccc21. The Labute approximate surface area is 162 Å². The van der Waals surface area contributed by atoms with Gasteiger partial charge in [0.05, 0.1) is 19.8 Å². The number of fused-ring (bicyclic) bond motifs is 2. The second-order valence-electron chi connectivity index (χ2n) is 7.20. The Hall–Kier alpha value is -2.99. The molecule has 0 atom stereocenters. The molecule has 0 aliphatic carbocycles. The predicted octanol–water partition coefficient (Wildman–Crippen LogP) is 3.35. The first-order valence-electron chi connectivity index (χ1n) is 9.51. The van der Waals surface area contributed by atoms with E-state index in [4.69, 9.17) is 4.74 Å². The molecular weight excluding hydrogens is 357 g/mol. The van der Waals surface area contributed by atoms with E-state index in [1.165, 1.54) is 17.7 Å². The van der Waals surface area contributed by atoms with Gasteiger partial charge in [0.1, 0.15) is 5.82 Å². The molecule has 0 unspecified atom stereocenters. The van der Waals surface area contributed by atoms with E-state index in [2.05, 4.69) is 11.2 Å². The lowest BCUT2D eigenvalue weighted by Crippen LogP contribution is -2.30. The summed E-state index contributed by atoms with van der Waals surface area (Å²) in [6.45, 7) is 2.18. The quantitative estimate of drug-likeness (QED) is 0.703. The van der Waals surface area contributed by atoms with Crippen LogP contribution in [0, 0.1) is 5.82 Å². The molecule has 3 aromatic rings. The smallest absolute Gasteiger partial charge is 0.279 e. The zero-order chi connectivity index (χ0) is 19.1. The van der Waals surface area contributed by atoms with Crippen molar-refractivity contribution in [2.45, 2.75) is 26.0 Å². The van der Waals surface area contributed by atoms with Crippen molar-refractivity contribution >= 4 is 11.6 Å². The maximum Gasteiger partial charge on any atom is 0.279 e. The van der Waals surface area contributed by atoms with E-state index in [0.29, 0.717) is 38.4 Å². The highest BCUT2D eigenvalue weighted by Crippen LogP contribution is 2.31. The van der Waals surface area contributed by atoms with E-state index in [0.717, 1.165) is 28.9 Å². The molecule has 1 amide bonds. The number of amides is 1. The molecule has 0 N–H and O–H groups in total. The van der Waals surface area contributed by atoms with Crippen LogP contribution in [0.15, 0.2) is 48.5 Å². The molecule has 1 aromatic heterocycles. The van der Waals surface area contributed by atoms with E-state index in [9.17, 15) is 9.18 Å². The van der Waals surface area contributed by atoms with Gasteiger partial charge in [0.25, 0.3) is 5.91 Å². The third-order valence-corrected chi connectivity index (χ3v) is 5.48. The number of rotatable bonds is 3. The lowest BCUT2D eigenvalue weighted by molar-refractivity contribution is 0.0957. The van der Waals surface area contributed by atoms with Gasteiger partial charge >= 0.3 is 0 Å². The molecule has 0 spiro atoms. The van der Waals surface area contributed by atoms with Gasteiger partial charge in [-0.3, -0.25) is 9.48 Å². The van der Waals surface area contributed by atoms with Crippen LogP contribution in [0.25, 0.3) is 0 Å². The van der Waals surface area contributed by atoms with Crippen LogP contribution in [0.3, 0.4) is 0 Å².